The average Bonchev–Trinajstić information content (AvgIpc) is 2.37. The molecule has 0 saturated carbocycles. The van der Waals surface area contributed by atoms with Crippen LogP contribution in [0.25, 0.3) is 0 Å². The lowest BCUT2D eigenvalue weighted by molar-refractivity contribution is 0.886. The maximum Gasteiger partial charge on any atom is 0.131 e. The molecule has 0 amide bonds. The molecule has 2 aromatic rings. The van der Waals surface area contributed by atoms with Gasteiger partial charge >= 0.3 is 0 Å². The van der Waals surface area contributed by atoms with Crippen molar-refractivity contribution in [2.45, 2.75) is 26.4 Å². The molecule has 2 heterocycles. The van der Waals surface area contributed by atoms with Crippen LogP contribution in [0.3, 0.4) is 0 Å². The molecule has 0 atom stereocenters. The highest BCUT2D eigenvalue weighted by atomic mass is 15.1. The number of nitrogens with zero attached hydrogens (tertiary/aromatic N) is 3. The first-order valence-electron chi connectivity index (χ1n) is 5.95. The molecule has 0 aliphatic carbocycles. The summed E-state index contributed by atoms with van der Waals surface area (Å²) in [7, 11) is 0. The molecule has 0 aliphatic rings. The minimum absolute atomic E-state index is 0.355. The Morgan fingerprint density at radius 1 is 1.11 bits per heavy atom. The molecule has 0 fully saturated rings. The maximum absolute atomic E-state index is 4.18. The van der Waals surface area contributed by atoms with Crippen LogP contribution < -0.4 is 10.6 Å². The van der Waals surface area contributed by atoms with Crippen molar-refractivity contribution in [3.8, 4) is 0 Å². The molecule has 0 spiro atoms. The van der Waals surface area contributed by atoms with E-state index >= 15 is 0 Å². The summed E-state index contributed by atoms with van der Waals surface area (Å²) in [4.78, 5) is 12.3. The summed E-state index contributed by atoms with van der Waals surface area (Å²) in [6, 6.07) is 6.21. The number of rotatable bonds is 5. The molecule has 2 aromatic heterocycles. The maximum atomic E-state index is 4.18. The van der Waals surface area contributed by atoms with Crippen LogP contribution in [0.15, 0.2) is 36.9 Å². The fraction of sp³-hybridized carbons (Fsp3) is 0.308. The largest absolute Gasteiger partial charge is 0.368 e. The van der Waals surface area contributed by atoms with Crippen LogP contribution in [0, 0.1) is 0 Å². The zero-order chi connectivity index (χ0) is 12.8. The van der Waals surface area contributed by atoms with Gasteiger partial charge < -0.3 is 10.6 Å². The van der Waals surface area contributed by atoms with Crippen molar-refractivity contribution >= 4 is 11.6 Å². The van der Waals surface area contributed by atoms with E-state index in [1.54, 1.807) is 18.7 Å². The van der Waals surface area contributed by atoms with Gasteiger partial charge in [-0.15, -0.1) is 0 Å². The minimum Gasteiger partial charge on any atom is -0.368 e. The summed E-state index contributed by atoms with van der Waals surface area (Å²) in [5, 5.41) is 6.50. The molecule has 2 N–H and O–H groups in total. The second-order valence-corrected chi connectivity index (χ2v) is 4.30. The first kappa shape index (κ1) is 12.3. The fourth-order valence-corrected chi connectivity index (χ4v) is 1.52. The van der Waals surface area contributed by atoms with Crippen LogP contribution in [0.4, 0.5) is 11.6 Å². The third-order valence-corrected chi connectivity index (χ3v) is 2.33. The van der Waals surface area contributed by atoms with Crippen molar-refractivity contribution in [1.82, 2.24) is 15.0 Å². The van der Waals surface area contributed by atoms with Crippen molar-refractivity contribution in [2.24, 2.45) is 0 Å². The summed E-state index contributed by atoms with van der Waals surface area (Å²) >= 11 is 0. The molecule has 0 radical (unpaired) electrons. The molecule has 0 aliphatic heterocycles. The second-order valence-electron chi connectivity index (χ2n) is 4.30. The number of nitrogens with one attached hydrogen (secondary N) is 2. The highest BCUT2D eigenvalue weighted by Gasteiger charge is 2.00. The number of aromatic nitrogens is 3. The molecule has 5 heteroatoms. The van der Waals surface area contributed by atoms with Crippen LogP contribution in [0.2, 0.25) is 0 Å². The Hall–Kier alpha value is -2.17. The van der Waals surface area contributed by atoms with Gasteiger partial charge in [0.05, 0.1) is 0 Å². The van der Waals surface area contributed by atoms with Crippen LogP contribution in [0.5, 0.6) is 0 Å². The van der Waals surface area contributed by atoms with Crippen LogP contribution in [-0.4, -0.2) is 21.0 Å². The minimum atomic E-state index is 0.355. The molecular formula is C13H17N5. The van der Waals surface area contributed by atoms with Gasteiger partial charge in [-0.2, -0.15) is 0 Å². The van der Waals surface area contributed by atoms with E-state index in [-0.39, 0.29) is 0 Å². The van der Waals surface area contributed by atoms with Gasteiger partial charge in [0, 0.05) is 31.0 Å². The third kappa shape index (κ3) is 3.69. The van der Waals surface area contributed by atoms with Crippen molar-refractivity contribution < 1.29 is 0 Å². The monoisotopic (exact) mass is 243 g/mol. The molecule has 2 rings (SSSR count). The highest BCUT2D eigenvalue weighted by molar-refractivity contribution is 5.47. The van der Waals surface area contributed by atoms with Gasteiger partial charge in [-0.1, -0.05) is 0 Å². The van der Waals surface area contributed by atoms with Crippen LogP contribution in [-0.2, 0) is 6.54 Å². The quantitative estimate of drug-likeness (QED) is 0.843. The van der Waals surface area contributed by atoms with Gasteiger partial charge in [-0.3, -0.25) is 4.98 Å². The van der Waals surface area contributed by atoms with E-state index in [1.807, 2.05) is 18.2 Å². The van der Waals surface area contributed by atoms with E-state index in [9.17, 15) is 0 Å². The Morgan fingerprint density at radius 3 is 2.56 bits per heavy atom. The topological polar surface area (TPSA) is 62.7 Å². The van der Waals surface area contributed by atoms with Crippen LogP contribution >= 0.6 is 0 Å². The molecule has 0 aromatic carbocycles. The predicted octanol–water partition coefficient (Wildman–Crippen LogP) is 2.30. The van der Waals surface area contributed by atoms with E-state index in [4.69, 9.17) is 0 Å². The molecule has 0 unspecified atom stereocenters. The van der Waals surface area contributed by atoms with E-state index in [2.05, 4.69) is 39.4 Å². The first-order chi connectivity index (χ1) is 8.74. The summed E-state index contributed by atoms with van der Waals surface area (Å²) in [5.74, 6) is 1.64. The summed E-state index contributed by atoms with van der Waals surface area (Å²) < 4.78 is 0. The lowest BCUT2D eigenvalue weighted by Crippen LogP contribution is -2.11. The zero-order valence-electron chi connectivity index (χ0n) is 10.6. The lowest BCUT2D eigenvalue weighted by atomic mass is 10.3. The molecule has 5 nitrogen and oxygen atoms in total. The number of pyridine rings is 1. The zero-order valence-corrected chi connectivity index (χ0v) is 10.6. The summed E-state index contributed by atoms with van der Waals surface area (Å²) in [6.45, 7) is 4.87. The van der Waals surface area contributed by atoms with Gasteiger partial charge in [-0.25, -0.2) is 9.97 Å². The standard InChI is InChI=1S/C13H17N5/c1-10(2)18-13-7-12(16-9-17-13)15-8-11-3-5-14-6-4-11/h3-7,9-10H,8H2,1-2H3,(H2,15,16,17,18). The Labute approximate surface area is 107 Å². The molecule has 0 bridgehead atoms. The van der Waals surface area contributed by atoms with E-state index in [0.717, 1.165) is 18.2 Å². The van der Waals surface area contributed by atoms with E-state index in [1.165, 1.54) is 5.56 Å². The molecule has 0 saturated heterocycles. The van der Waals surface area contributed by atoms with Crippen molar-refractivity contribution in [3.05, 3.63) is 42.5 Å². The van der Waals surface area contributed by atoms with Crippen LogP contribution in [0.1, 0.15) is 19.4 Å². The first-order valence-corrected chi connectivity index (χ1v) is 5.95. The highest BCUT2D eigenvalue weighted by Crippen LogP contribution is 2.10. The van der Waals surface area contributed by atoms with Gasteiger partial charge in [0.2, 0.25) is 0 Å². The molecule has 18 heavy (non-hydrogen) atoms. The Kier molecular flexibility index (Phi) is 4.06. The second kappa shape index (κ2) is 5.95. The number of hydrogen-bond donors (Lipinski definition) is 2. The van der Waals surface area contributed by atoms with Gasteiger partial charge in [0.1, 0.15) is 18.0 Å². The van der Waals surface area contributed by atoms with Gasteiger partial charge in [0.25, 0.3) is 0 Å². The fourth-order valence-electron chi connectivity index (χ4n) is 1.52. The van der Waals surface area contributed by atoms with E-state index in [0.29, 0.717) is 6.04 Å². The number of hydrogen-bond acceptors (Lipinski definition) is 5. The normalized spacial score (nSPS) is 10.4. The summed E-state index contributed by atoms with van der Waals surface area (Å²) in [6.07, 6.45) is 5.12. The molecular weight excluding hydrogens is 226 g/mol. The average molecular weight is 243 g/mol. The third-order valence-electron chi connectivity index (χ3n) is 2.33. The van der Waals surface area contributed by atoms with Crippen molar-refractivity contribution in [1.29, 1.82) is 0 Å². The Morgan fingerprint density at radius 2 is 1.83 bits per heavy atom. The van der Waals surface area contributed by atoms with Crippen molar-refractivity contribution in [3.63, 3.8) is 0 Å². The predicted molar refractivity (Wildman–Crippen MR) is 72.4 cm³/mol. The lowest BCUT2D eigenvalue weighted by Gasteiger charge is -2.10. The van der Waals surface area contributed by atoms with Crippen molar-refractivity contribution in [2.75, 3.05) is 10.6 Å². The van der Waals surface area contributed by atoms with Gasteiger partial charge in [-0.05, 0) is 31.5 Å². The van der Waals surface area contributed by atoms with Gasteiger partial charge in [0.15, 0.2) is 0 Å². The number of anilines is 2. The smallest absolute Gasteiger partial charge is 0.131 e. The molecule has 94 valence electrons. The Balaban J connectivity index is 1.97. The van der Waals surface area contributed by atoms with E-state index < -0.39 is 0 Å². The SMILES string of the molecule is CC(C)Nc1cc(NCc2ccncc2)ncn1. The summed E-state index contributed by atoms with van der Waals surface area (Å²) in [5.41, 5.74) is 1.17. The Bertz CT molecular complexity index is 484.